The van der Waals surface area contributed by atoms with E-state index in [0.717, 1.165) is 48.2 Å². The summed E-state index contributed by atoms with van der Waals surface area (Å²) in [4.78, 5) is 4.98. The van der Waals surface area contributed by atoms with Crippen LogP contribution in [-0.2, 0) is 13.0 Å². The van der Waals surface area contributed by atoms with Gasteiger partial charge in [0.1, 0.15) is 11.6 Å². The van der Waals surface area contributed by atoms with Crippen molar-refractivity contribution in [2.45, 2.75) is 32.7 Å². The molecular formula is C23H27N3O. The van der Waals surface area contributed by atoms with Crippen molar-refractivity contribution in [1.29, 1.82) is 0 Å². The lowest BCUT2D eigenvalue weighted by Gasteiger charge is -2.10. The van der Waals surface area contributed by atoms with Gasteiger partial charge < -0.3 is 14.6 Å². The molecule has 2 aromatic carbocycles. The Hall–Kier alpha value is -2.75. The molecule has 27 heavy (non-hydrogen) atoms. The van der Waals surface area contributed by atoms with E-state index in [9.17, 15) is 0 Å². The summed E-state index contributed by atoms with van der Waals surface area (Å²) in [6.45, 7) is 8.30. The van der Waals surface area contributed by atoms with Crippen molar-refractivity contribution in [2.75, 3.05) is 18.5 Å². The van der Waals surface area contributed by atoms with E-state index in [0.29, 0.717) is 6.61 Å². The number of rotatable bonds is 9. The normalized spacial score (nSPS) is 13.7. The fourth-order valence-corrected chi connectivity index (χ4v) is 3.43. The van der Waals surface area contributed by atoms with Crippen LogP contribution >= 0.6 is 0 Å². The Balaban J connectivity index is 1.63. The first kappa shape index (κ1) is 17.7. The lowest BCUT2D eigenvalue weighted by atomic mass is 10.1. The summed E-state index contributed by atoms with van der Waals surface area (Å²) in [5.41, 5.74) is 4.64. The molecule has 0 unspecified atom stereocenters. The molecule has 0 saturated heterocycles. The number of hydrogen-bond acceptors (Lipinski definition) is 3. The first-order valence-electron chi connectivity index (χ1n) is 9.82. The molecule has 4 rings (SSSR count). The average Bonchev–Trinajstić information content (AvgIpc) is 3.44. The fourth-order valence-electron chi connectivity index (χ4n) is 3.43. The second kappa shape index (κ2) is 7.87. The molecule has 4 heteroatoms. The topological polar surface area (TPSA) is 39.1 Å². The number of benzene rings is 2. The summed E-state index contributed by atoms with van der Waals surface area (Å²) in [5.74, 6) is 2.87. The summed E-state index contributed by atoms with van der Waals surface area (Å²) in [5, 5.41) is 3.35. The molecule has 0 bridgehead atoms. The number of nitrogens with zero attached hydrogens (tertiary/aromatic N) is 2. The number of imidazole rings is 1. The molecule has 0 aliphatic heterocycles. The summed E-state index contributed by atoms with van der Waals surface area (Å²) >= 11 is 0. The zero-order valence-electron chi connectivity index (χ0n) is 15.9. The molecule has 0 amide bonds. The Morgan fingerprint density at radius 1 is 1.22 bits per heavy atom. The number of anilines is 1. The Morgan fingerprint density at radius 3 is 2.74 bits per heavy atom. The maximum Gasteiger partial charge on any atom is 0.119 e. The van der Waals surface area contributed by atoms with E-state index in [1.807, 2.05) is 25.1 Å². The molecule has 0 radical (unpaired) electrons. The van der Waals surface area contributed by atoms with Crippen LogP contribution in [0.1, 0.15) is 31.2 Å². The Morgan fingerprint density at radius 2 is 2.04 bits per heavy atom. The van der Waals surface area contributed by atoms with Crippen molar-refractivity contribution in [3.63, 3.8) is 0 Å². The van der Waals surface area contributed by atoms with Crippen LogP contribution in [0.25, 0.3) is 11.0 Å². The molecule has 1 heterocycles. The minimum atomic E-state index is 0.693. The van der Waals surface area contributed by atoms with Gasteiger partial charge in [-0.05, 0) is 61.6 Å². The van der Waals surface area contributed by atoms with Gasteiger partial charge in [-0.15, -0.1) is 6.58 Å². The van der Waals surface area contributed by atoms with Crippen LogP contribution in [0.3, 0.4) is 0 Å². The van der Waals surface area contributed by atoms with E-state index in [2.05, 4.69) is 46.8 Å². The van der Waals surface area contributed by atoms with Crippen molar-refractivity contribution >= 4 is 16.7 Å². The quantitative estimate of drug-likeness (QED) is 0.543. The van der Waals surface area contributed by atoms with Gasteiger partial charge in [0.05, 0.1) is 17.6 Å². The smallest absolute Gasteiger partial charge is 0.119 e. The molecule has 1 aliphatic carbocycles. The van der Waals surface area contributed by atoms with Gasteiger partial charge in [0.25, 0.3) is 0 Å². The van der Waals surface area contributed by atoms with Gasteiger partial charge in [-0.2, -0.15) is 0 Å². The second-order valence-corrected chi connectivity index (χ2v) is 7.21. The molecule has 140 valence electrons. The summed E-state index contributed by atoms with van der Waals surface area (Å²) in [6.07, 6.45) is 5.37. The van der Waals surface area contributed by atoms with Gasteiger partial charge in [0.2, 0.25) is 0 Å². The Bertz CT molecular complexity index is 923. The van der Waals surface area contributed by atoms with Crippen LogP contribution < -0.4 is 10.1 Å². The van der Waals surface area contributed by atoms with Crippen LogP contribution in [0, 0.1) is 5.92 Å². The molecule has 1 fully saturated rings. The summed E-state index contributed by atoms with van der Waals surface area (Å²) in [7, 11) is 0. The van der Waals surface area contributed by atoms with E-state index in [1.165, 1.54) is 23.9 Å². The van der Waals surface area contributed by atoms with Crippen molar-refractivity contribution < 1.29 is 4.74 Å². The SMILES string of the molecule is C=CCNc1ccc2c(c1)nc(Cc1ccc(OCC)cc1)n2CC1CC1. The van der Waals surface area contributed by atoms with E-state index < -0.39 is 0 Å². The third-order valence-corrected chi connectivity index (χ3v) is 5.01. The maximum absolute atomic E-state index is 5.55. The van der Waals surface area contributed by atoms with Crippen LogP contribution in [0.5, 0.6) is 5.75 Å². The van der Waals surface area contributed by atoms with Crippen molar-refractivity contribution in [1.82, 2.24) is 9.55 Å². The van der Waals surface area contributed by atoms with Crippen LogP contribution in [0.4, 0.5) is 5.69 Å². The highest BCUT2D eigenvalue weighted by molar-refractivity contribution is 5.80. The zero-order valence-corrected chi connectivity index (χ0v) is 15.9. The number of hydrogen-bond donors (Lipinski definition) is 1. The molecule has 1 aliphatic rings. The van der Waals surface area contributed by atoms with E-state index in [4.69, 9.17) is 9.72 Å². The van der Waals surface area contributed by atoms with E-state index in [1.54, 1.807) is 0 Å². The highest BCUT2D eigenvalue weighted by Crippen LogP contribution is 2.33. The summed E-state index contributed by atoms with van der Waals surface area (Å²) < 4.78 is 7.97. The monoisotopic (exact) mass is 361 g/mol. The van der Waals surface area contributed by atoms with Gasteiger partial charge >= 0.3 is 0 Å². The van der Waals surface area contributed by atoms with Gasteiger partial charge in [-0.3, -0.25) is 0 Å². The number of nitrogens with one attached hydrogen (secondary N) is 1. The number of aromatic nitrogens is 2. The third kappa shape index (κ3) is 4.16. The minimum absolute atomic E-state index is 0.693. The molecule has 0 spiro atoms. The lowest BCUT2D eigenvalue weighted by Crippen LogP contribution is -2.06. The van der Waals surface area contributed by atoms with Crippen LogP contribution in [0.2, 0.25) is 0 Å². The van der Waals surface area contributed by atoms with Crippen molar-refractivity contribution in [3.05, 3.63) is 66.5 Å². The summed E-state index contributed by atoms with van der Waals surface area (Å²) in [6, 6.07) is 14.8. The molecule has 1 N–H and O–H groups in total. The molecule has 4 nitrogen and oxygen atoms in total. The van der Waals surface area contributed by atoms with E-state index >= 15 is 0 Å². The Labute approximate surface area is 160 Å². The van der Waals surface area contributed by atoms with Gasteiger partial charge in [0, 0.05) is 25.2 Å². The number of fused-ring (bicyclic) bond motifs is 1. The first-order chi connectivity index (χ1) is 13.3. The molecular weight excluding hydrogens is 334 g/mol. The zero-order chi connectivity index (χ0) is 18.6. The largest absolute Gasteiger partial charge is 0.494 e. The Kier molecular flexibility index (Phi) is 5.14. The second-order valence-electron chi connectivity index (χ2n) is 7.21. The highest BCUT2D eigenvalue weighted by Gasteiger charge is 2.24. The first-order valence-corrected chi connectivity index (χ1v) is 9.82. The predicted octanol–water partition coefficient (Wildman–Crippen LogP) is 5.03. The third-order valence-electron chi connectivity index (χ3n) is 5.01. The van der Waals surface area contributed by atoms with Crippen LogP contribution in [0.15, 0.2) is 55.1 Å². The minimum Gasteiger partial charge on any atom is -0.494 e. The maximum atomic E-state index is 5.55. The lowest BCUT2D eigenvalue weighted by molar-refractivity contribution is 0.340. The van der Waals surface area contributed by atoms with Crippen molar-refractivity contribution in [2.24, 2.45) is 5.92 Å². The van der Waals surface area contributed by atoms with Gasteiger partial charge in [-0.25, -0.2) is 4.98 Å². The number of ether oxygens (including phenoxy) is 1. The van der Waals surface area contributed by atoms with Crippen LogP contribution in [-0.4, -0.2) is 22.7 Å². The molecule has 0 atom stereocenters. The van der Waals surface area contributed by atoms with Gasteiger partial charge in [0.15, 0.2) is 0 Å². The highest BCUT2D eigenvalue weighted by atomic mass is 16.5. The van der Waals surface area contributed by atoms with Crippen molar-refractivity contribution in [3.8, 4) is 5.75 Å². The fraction of sp³-hybridized carbons (Fsp3) is 0.348. The molecule has 3 aromatic rings. The predicted molar refractivity (Wildman–Crippen MR) is 112 cm³/mol. The average molecular weight is 361 g/mol. The van der Waals surface area contributed by atoms with E-state index in [-0.39, 0.29) is 0 Å². The standard InChI is InChI=1S/C23H27N3O/c1-3-13-24-19-9-12-22-21(15-19)25-23(26(22)16-18-5-6-18)14-17-7-10-20(11-8-17)27-4-2/h3,7-12,15,18,24H,1,4-6,13-14,16H2,2H3. The molecule has 1 saturated carbocycles. The molecule has 1 aromatic heterocycles. The van der Waals surface area contributed by atoms with Gasteiger partial charge in [-0.1, -0.05) is 18.2 Å².